The number of ether oxygens (including phenoxy) is 1. The summed E-state index contributed by atoms with van der Waals surface area (Å²) in [6.45, 7) is 4.54. The molecule has 0 atom stereocenters. The topological polar surface area (TPSA) is 9.23 Å². The van der Waals surface area contributed by atoms with Crippen molar-refractivity contribution in [2.45, 2.75) is 71.1 Å². The number of halogens is 3. The molecule has 0 radical (unpaired) electrons. The van der Waals surface area contributed by atoms with Crippen molar-refractivity contribution in [1.29, 1.82) is 0 Å². The fourth-order valence-corrected chi connectivity index (χ4v) is 5.34. The zero-order valence-corrected chi connectivity index (χ0v) is 21.9. The second-order valence-corrected chi connectivity index (χ2v) is 10.1. The van der Waals surface area contributed by atoms with Gasteiger partial charge in [0.25, 0.3) is 0 Å². The predicted molar refractivity (Wildman–Crippen MR) is 146 cm³/mol. The van der Waals surface area contributed by atoms with Gasteiger partial charge in [-0.3, -0.25) is 0 Å². The van der Waals surface area contributed by atoms with Crippen molar-refractivity contribution >= 4 is 0 Å². The maximum atomic E-state index is 15.1. The highest BCUT2D eigenvalue weighted by molar-refractivity contribution is 5.71. The lowest BCUT2D eigenvalue weighted by atomic mass is 9.78. The van der Waals surface area contributed by atoms with Gasteiger partial charge in [-0.1, -0.05) is 74.7 Å². The molecule has 0 aromatic heterocycles. The summed E-state index contributed by atoms with van der Waals surface area (Å²) in [5.41, 5.74) is 2.96. The fourth-order valence-electron chi connectivity index (χ4n) is 5.34. The first kappa shape index (κ1) is 27.0. The normalized spacial score (nSPS) is 17.9. The molecule has 1 aliphatic carbocycles. The Morgan fingerprint density at radius 2 is 1.46 bits per heavy atom. The van der Waals surface area contributed by atoms with Crippen molar-refractivity contribution in [2.24, 2.45) is 5.92 Å². The summed E-state index contributed by atoms with van der Waals surface area (Å²) in [5, 5.41) is 0. The summed E-state index contributed by atoms with van der Waals surface area (Å²) in [6.07, 6.45) is 12.9. The van der Waals surface area contributed by atoms with Gasteiger partial charge in [0.2, 0.25) is 5.82 Å². The van der Waals surface area contributed by atoms with E-state index in [1.54, 1.807) is 30.3 Å². The van der Waals surface area contributed by atoms with Crippen molar-refractivity contribution in [1.82, 2.24) is 0 Å². The van der Waals surface area contributed by atoms with Crippen LogP contribution in [0.2, 0.25) is 0 Å². The van der Waals surface area contributed by atoms with Crippen molar-refractivity contribution in [3.05, 3.63) is 89.8 Å². The Hall–Kier alpha value is -3.01. The largest absolute Gasteiger partial charge is 0.490 e. The first-order valence-electron chi connectivity index (χ1n) is 13.7. The summed E-state index contributed by atoms with van der Waals surface area (Å²) in [4.78, 5) is 0. The van der Waals surface area contributed by atoms with E-state index in [4.69, 9.17) is 4.74 Å². The minimum atomic E-state index is -0.974. The third kappa shape index (κ3) is 6.66. The standard InChI is InChI=1S/C33H37F3O/c1-3-5-6-7-21-37-31-20-19-29(32(35)33(31)36)26-15-13-25(14-16-26)28-18-17-27(22-30(28)34)24-11-9-23(8-4-2)10-12-24/h4,8,13-20,22-24H,3,5-7,9-12,21H2,1-2H3/b8-4+. The van der Waals surface area contributed by atoms with Gasteiger partial charge in [-0.15, -0.1) is 0 Å². The van der Waals surface area contributed by atoms with Gasteiger partial charge in [0, 0.05) is 11.1 Å². The van der Waals surface area contributed by atoms with E-state index in [-0.39, 0.29) is 17.1 Å². The van der Waals surface area contributed by atoms with E-state index in [2.05, 4.69) is 26.0 Å². The van der Waals surface area contributed by atoms with Gasteiger partial charge >= 0.3 is 0 Å². The Morgan fingerprint density at radius 1 is 0.784 bits per heavy atom. The maximum absolute atomic E-state index is 15.1. The molecular formula is C33H37F3O. The van der Waals surface area contributed by atoms with Crippen LogP contribution in [-0.2, 0) is 0 Å². The van der Waals surface area contributed by atoms with Gasteiger partial charge in [-0.2, -0.15) is 4.39 Å². The Labute approximate surface area is 219 Å². The van der Waals surface area contributed by atoms with E-state index < -0.39 is 11.6 Å². The molecule has 0 bridgehead atoms. The molecule has 3 aromatic rings. The highest BCUT2D eigenvalue weighted by Crippen LogP contribution is 2.38. The van der Waals surface area contributed by atoms with Crippen molar-refractivity contribution in [3.8, 4) is 28.0 Å². The molecule has 0 N–H and O–H groups in total. The quantitative estimate of drug-likeness (QED) is 0.196. The smallest absolute Gasteiger partial charge is 0.201 e. The van der Waals surface area contributed by atoms with Crippen LogP contribution in [0.3, 0.4) is 0 Å². The highest BCUT2D eigenvalue weighted by Gasteiger charge is 2.22. The van der Waals surface area contributed by atoms with Crippen LogP contribution in [0.5, 0.6) is 5.75 Å². The first-order chi connectivity index (χ1) is 18.0. The summed E-state index contributed by atoms with van der Waals surface area (Å²) in [6, 6.07) is 15.5. The molecule has 1 saturated carbocycles. The van der Waals surface area contributed by atoms with E-state index in [0.717, 1.165) is 56.9 Å². The number of unbranched alkanes of at least 4 members (excludes halogenated alkanes) is 3. The molecule has 0 aliphatic heterocycles. The SMILES string of the molecule is C/C=C/C1CCC(c2ccc(-c3ccc(-c4ccc(OCCCCCC)c(F)c4F)cc3)c(F)c2)CC1. The molecule has 1 aliphatic rings. The molecule has 1 fully saturated rings. The Morgan fingerprint density at radius 3 is 2.11 bits per heavy atom. The number of allylic oxidation sites excluding steroid dienone is 2. The number of hydrogen-bond donors (Lipinski definition) is 0. The predicted octanol–water partition coefficient (Wildman–Crippen LogP) is 10.2. The molecule has 0 spiro atoms. The molecule has 0 amide bonds. The molecule has 0 heterocycles. The van der Waals surface area contributed by atoms with Crippen LogP contribution < -0.4 is 4.74 Å². The molecule has 3 aromatic carbocycles. The lowest BCUT2D eigenvalue weighted by Crippen LogP contribution is -2.12. The van der Waals surface area contributed by atoms with Crippen LogP contribution in [0, 0.1) is 23.4 Å². The van der Waals surface area contributed by atoms with Crippen LogP contribution in [-0.4, -0.2) is 6.61 Å². The Bertz CT molecular complexity index is 1190. The Kier molecular flexibility index (Phi) is 9.49. The van der Waals surface area contributed by atoms with Gasteiger partial charge in [0.1, 0.15) is 5.82 Å². The van der Waals surface area contributed by atoms with Gasteiger partial charge < -0.3 is 4.74 Å². The monoisotopic (exact) mass is 506 g/mol. The molecule has 4 heteroatoms. The second kappa shape index (κ2) is 13.0. The zero-order valence-electron chi connectivity index (χ0n) is 21.9. The molecule has 37 heavy (non-hydrogen) atoms. The summed E-state index contributed by atoms with van der Waals surface area (Å²) in [5.74, 6) is -1.18. The van der Waals surface area contributed by atoms with Gasteiger partial charge in [0.05, 0.1) is 6.61 Å². The highest BCUT2D eigenvalue weighted by atomic mass is 19.2. The third-order valence-corrected chi connectivity index (χ3v) is 7.51. The molecule has 196 valence electrons. The van der Waals surface area contributed by atoms with Gasteiger partial charge in [0.15, 0.2) is 11.6 Å². The van der Waals surface area contributed by atoms with E-state index in [1.807, 2.05) is 12.1 Å². The van der Waals surface area contributed by atoms with Crippen LogP contribution >= 0.6 is 0 Å². The van der Waals surface area contributed by atoms with Crippen LogP contribution in [0.4, 0.5) is 13.2 Å². The maximum Gasteiger partial charge on any atom is 0.201 e. The van der Waals surface area contributed by atoms with Crippen LogP contribution in [0.15, 0.2) is 66.7 Å². The average molecular weight is 507 g/mol. The summed E-state index contributed by atoms with van der Waals surface area (Å²) in [7, 11) is 0. The van der Waals surface area contributed by atoms with Gasteiger partial charge in [-0.05, 0) is 85.8 Å². The van der Waals surface area contributed by atoms with E-state index >= 15 is 4.39 Å². The summed E-state index contributed by atoms with van der Waals surface area (Å²) < 4.78 is 50.0. The van der Waals surface area contributed by atoms with Crippen LogP contribution in [0.25, 0.3) is 22.3 Å². The number of rotatable bonds is 10. The second-order valence-electron chi connectivity index (χ2n) is 10.1. The van der Waals surface area contributed by atoms with E-state index in [9.17, 15) is 8.78 Å². The minimum absolute atomic E-state index is 0.0631. The Balaban J connectivity index is 1.44. The van der Waals surface area contributed by atoms with Crippen LogP contribution in [0.1, 0.15) is 76.7 Å². The van der Waals surface area contributed by atoms with Crippen molar-refractivity contribution < 1.29 is 17.9 Å². The summed E-state index contributed by atoms with van der Waals surface area (Å²) >= 11 is 0. The lowest BCUT2D eigenvalue weighted by molar-refractivity contribution is 0.285. The van der Waals surface area contributed by atoms with E-state index in [0.29, 0.717) is 35.1 Å². The third-order valence-electron chi connectivity index (χ3n) is 7.51. The van der Waals surface area contributed by atoms with Crippen molar-refractivity contribution in [3.63, 3.8) is 0 Å². The first-order valence-corrected chi connectivity index (χ1v) is 13.7. The van der Waals surface area contributed by atoms with Crippen molar-refractivity contribution in [2.75, 3.05) is 6.61 Å². The molecular weight excluding hydrogens is 469 g/mol. The minimum Gasteiger partial charge on any atom is -0.490 e. The number of hydrogen-bond acceptors (Lipinski definition) is 1. The lowest BCUT2D eigenvalue weighted by Gasteiger charge is -2.27. The molecule has 4 rings (SSSR count). The fraction of sp³-hybridized carbons (Fsp3) is 0.394. The van der Waals surface area contributed by atoms with Gasteiger partial charge in [-0.25, -0.2) is 8.78 Å². The molecule has 0 saturated heterocycles. The molecule has 1 nitrogen and oxygen atoms in total. The molecule has 0 unspecified atom stereocenters. The average Bonchev–Trinajstić information content (AvgIpc) is 2.92. The zero-order chi connectivity index (χ0) is 26.2. The van der Waals surface area contributed by atoms with E-state index in [1.165, 1.54) is 12.1 Å². The number of benzene rings is 3.